The van der Waals surface area contributed by atoms with Gasteiger partial charge in [-0.3, -0.25) is 4.79 Å². The zero-order chi connectivity index (χ0) is 20.7. The van der Waals surface area contributed by atoms with Gasteiger partial charge in [0.2, 0.25) is 0 Å². The molecule has 7 heteroatoms. The summed E-state index contributed by atoms with van der Waals surface area (Å²) < 4.78 is 15.7. The van der Waals surface area contributed by atoms with Gasteiger partial charge in [-0.15, -0.1) is 0 Å². The second-order valence-electron chi connectivity index (χ2n) is 7.17. The molecule has 1 heterocycles. The average molecular weight is 387 g/mol. The first-order valence-electron chi connectivity index (χ1n) is 9.02. The normalized spacial score (nSPS) is 12.1. The van der Waals surface area contributed by atoms with E-state index >= 15 is 0 Å². The number of alkyl carbamates (subject to hydrolysis) is 1. The molecular weight excluding hydrogens is 362 g/mol. The van der Waals surface area contributed by atoms with Crippen LogP contribution in [0.5, 0.6) is 0 Å². The summed E-state index contributed by atoms with van der Waals surface area (Å²) in [5, 5.41) is 2.57. The number of aldehydes is 1. The summed E-state index contributed by atoms with van der Waals surface area (Å²) in [6.07, 6.45) is 0.208. The van der Waals surface area contributed by atoms with Crippen molar-refractivity contribution in [1.29, 1.82) is 0 Å². The molecule has 1 aromatic carbocycles. The average Bonchev–Trinajstić information content (AvgIpc) is 3.09. The molecule has 0 spiro atoms. The third-order valence-corrected chi connectivity index (χ3v) is 3.68. The molecule has 150 valence electrons. The van der Waals surface area contributed by atoms with Crippen molar-refractivity contribution >= 4 is 18.3 Å². The maximum absolute atomic E-state index is 12.2. The van der Waals surface area contributed by atoms with Gasteiger partial charge in [0.05, 0.1) is 6.61 Å². The van der Waals surface area contributed by atoms with Gasteiger partial charge in [-0.25, -0.2) is 9.59 Å². The van der Waals surface area contributed by atoms with Crippen LogP contribution in [0.3, 0.4) is 0 Å². The SMILES string of the molecule is CCOC(=O)C(Cc1ccc(-c2ccc(C=O)o2)cc1)NC(=O)OC(C)(C)C. The van der Waals surface area contributed by atoms with Crippen molar-refractivity contribution < 1.29 is 28.3 Å². The highest BCUT2D eigenvalue weighted by Crippen LogP contribution is 2.22. The van der Waals surface area contributed by atoms with Crippen molar-refractivity contribution in [1.82, 2.24) is 5.32 Å². The molecule has 1 amide bonds. The highest BCUT2D eigenvalue weighted by Gasteiger charge is 2.25. The number of hydrogen-bond donors (Lipinski definition) is 1. The van der Waals surface area contributed by atoms with E-state index in [2.05, 4.69) is 5.32 Å². The monoisotopic (exact) mass is 387 g/mol. The molecule has 0 aliphatic carbocycles. The number of amides is 1. The van der Waals surface area contributed by atoms with Crippen molar-refractivity contribution in [3.8, 4) is 11.3 Å². The molecule has 0 saturated carbocycles. The highest BCUT2D eigenvalue weighted by atomic mass is 16.6. The first-order valence-corrected chi connectivity index (χ1v) is 9.02. The fourth-order valence-electron chi connectivity index (χ4n) is 2.50. The predicted octanol–water partition coefficient (Wildman–Crippen LogP) is 3.76. The molecule has 7 nitrogen and oxygen atoms in total. The fraction of sp³-hybridized carbons (Fsp3) is 0.381. The Balaban J connectivity index is 2.10. The van der Waals surface area contributed by atoms with E-state index in [0.717, 1.165) is 11.1 Å². The van der Waals surface area contributed by atoms with Gasteiger partial charge < -0.3 is 19.2 Å². The van der Waals surface area contributed by atoms with E-state index < -0.39 is 23.7 Å². The molecular formula is C21H25NO6. The van der Waals surface area contributed by atoms with Crippen LogP contribution < -0.4 is 5.32 Å². The van der Waals surface area contributed by atoms with Crippen LogP contribution in [-0.4, -0.2) is 36.6 Å². The van der Waals surface area contributed by atoms with E-state index in [0.29, 0.717) is 12.0 Å². The van der Waals surface area contributed by atoms with E-state index in [1.807, 2.05) is 24.3 Å². The molecule has 0 fully saturated rings. The Morgan fingerprint density at radius 1 is 1.14 bits per heavy atom. The minimum Gasteiger partial charge on any atom is -0.464 e. The molecule has 2 rings (SSSR count). The van der Waals surface area contributed by atoms with E-state index in [1.165, 1.54) is 0 Å². The van der Waals surface area contributed by atoms with Crippen LogP contribution in [-0.2, 0) is 20.7 Å². The number of esters is 1. The third kappa shape index (κ3) is 6.26. The van der Waals surface area contributed by atoms with Crippen molar-refractivity contribution in [3.63, 3.8) is 0 Å². The first-order chi connectivity index (χ1) is 13.2. The van der Waals surface area contributed by atoms with E-state index in [9.17, 15) is 14.4 Å². The number of carbonyl (C=O) groups is 3. The Morgan fingerprint density at radius 3 is 2.36 bits per heavy atom. The molecule has 0 aliphatic heterocycles. The van der Waals surface area contributed by atoms with Crippen molar-refractivity contribution in [3.05, 3.63) is 47.7 Å². The maximum atomic E-state index is 12.2. The zero-order valence-corrected chi connectivity index (χ0v) is 16.5. The van der Waals surface area contributed by atoms with Gasteiger partial charge in [0.25, 0.3) is 0 Å². The molecule has 2 aromatic rings. The summed E-state index contributed by atoms with van der Waals surface area (Å²) in [6.45, 7) is 7.15. The quantitative estimate of drug-likeness (QED) is 0.574. The van der Waals surface area contributed by atoms with Crippen LogP contribution in [0.2, 0.25) is 0 Å². The van der Waals surface area contributed by atoms with Crippen molar-refractivity contribution in [2.24, 2.45) is 0 Å². The summed E-state index contributed by atoms with van der Waals surface area (Å²) in [4.78, 5) is 35.0. The Labute approximate surface area is 164 Å². The molecule has 0 bridgehead atoms. The summed E-state index contributed by atoms with van der Waals surface area (Å²) in [6, 6.07) is 9.72. The van der Waals surface area contributed by atoms with Crippen molar-refractivity contribution in [2.75, 3.05) is 6.61 Å². The number of benzene rings is 1. The number of rotatable bonds is 7. The topological polar surface area (TPSA) is 94.8 Å². The van der Waals surface area contributed by atoms with Crippen LogP contribution >= 0.6 is 0 Å². The van der Waals surface area contributed by atoms with Gasteiger partial charge >= 0.3 is 12.1 Å². The largest absolute Gasteiger partial charge is 0.464 e. The molecule has 0 radical (unpaired) electrons. The van der Waals surface area contributed by atoms with Gasteiger partial charge in [0, 0.05) is 12.0 Å². The molecule has 1 unspecified atom stereocenters. The maximum Gasteiger partial charge on any atom is 0.408 e. The summed E-state index contributed by atoms with van der Waals surface area (Å²) in [7, 11) is 0. The Bertz CT molecular complexity index is 816. The minimum absolute atomic E-state index is 0.210. The lowest BCUT2D eigenvalue weighted by atomic mass is 10.0. The van der Waals surface area contributed by atoms with Gasteiger partial charge in [0.15, 0.2) is 12.0 Å². The highest BCUT2D eigenvalue weighted by molar-refractivity contribution is 5.81. The summed E-state index contributed by atoms with van der Waals surface area (Å²) >= 11 is 0. The number of hydrogen-bond acceptors (Lipinski definition) is 6. The molecule has 1 atom stereocenters. The Hall–Kier alpha value is -3.09. The number of carbonyl (C=O) groups excluding carboxylic acids is 3. The van der Waals surface area contributed by atoms with Crippen LogP contribution in [0.1, 0.15) is 43.8 Å². The van der Waals surface area contributed by atoms with E-state index in [4.69, 9.17) is 13.9 Å². The zero-order valence-electron chi connectivity index (χ0n) is 16.5. The molecule has 28 heavy (non-hydrogen) atoms. The molecule has 0 saturated heterocycles. The van der Waals surface area contributed by atoms with Gasteiger partial charge in [-0.05, 0) is 45.4 Å². The van der Waals surface area contributed by atoms with Crippen LogP contribution in [0, 0.1) is 0 Å². The third-order valence-electron chi connectivity index (χ3n) is 3.68. The predicted molar refractivity (Wildman–Crippen MR) is 103 cm³/mol. The molecule has 0 aliphatic rings. The van der Waals surface area contributed by atoms with Gasteiger partial charge in [-0.2, -0.15) is 0 Å². The minimum atomic E-state index is -0.870. The second-order valence-corrected chi connectivity index (χ2v) is 7.17. The number of ether oxygens (including phenoxy) is 2. The fourth-order valence-corrected chi connectivity index (χ4v) is 2.50. The van der Waals surface area contributed by atoms with E-state index in [1.54, 1.807) is 39.8 Å². The first kappa shape index (κ1) is 21.2. The van der Waals surface area contributed by atoms with Crippen molar-refractivity contribution in [2.45, 2.75) is 45.8 Å². The lowest BCUT2D eigenvalue weighted by molar-refractivity contribution is -0.145. The number of nitrogens with one attached hydrogen (secondary N) is 1. The second kappa shape index (κ2) is 9.21. The Morgan fingerprint density at radius 2 is 1.82 bits per heavy atom. The molecule has 1 aromatic heterocycles. The molecule has 1 N–H and O–H groups in total. The summed E-state index contributed by atoms with van der Waals surface area (Å²) in [5.41, 5.74) is 0.943. The summed E-state index contributed by atoms with van der Waals surface area (Å²) in [5.74, 6) is 0.296. The Kier molecular flexibility index (Phi) is 6.98. The smallest absolute Gasteiger partial charge is 0.408 e. The standard InChI is InChI=1S/C21H25NO6/c1-5-26-19(24)17(22-20(25)28-21(2,3)4)12-14-6-8-15(9-7-14)18-11-10-16(13-23)27-18/h6-11,13,17H,5,12H2,1-4H3,(H,22,25). The van der Waals surface area contributed by atoms with E-state index in [-0.39, 0.29) is 18.8 Å². The van der Waals surface area contributed by atoms with Gasteiger partial charge in [-0.1, -0.05) is 24.3 Å². The number of furan rings is 1. The van der Waals surface area contributed by atoms with Crippen LogP contribution in [0.25, 0.3) is 11.3 Å². The van der Waals surface area contributed by atoms with Crippen LogP contribution in [0.4, 0.5) is 4.79 Å². The lowest BCUT2D eigenvalue weighted by Gasteiger charge is -2.23. The van der Waals surface area contributed by atoms with Gasteiger partial charge in [0.1, 0.15) is 17.4 Å². The van der Waals surface area contributed by atoms with Crippen LogP contribution in [0.15, 0.2) is 40.8 Å². The lowest BCUT2D eigenvalue weighted by Crippen LogP contribution is -2.45.